The largest absolute Gasteiger partial charge is 0.456 e. The molecule has 0 saturated heterocycles. The predicted molar refractivity (Wildman–Crippen MR) is 117 cm³/mol. The number of benzene rings is 2. The molecule has 0 amide bonds. The molecule has 0 unspecified atom stereocenters. The van der Waals surface area contributed by atoms with Crippen LogP contribution in [0.15, 0.2) is 54.6 Å². The van der Waals surface area contributed by atoms with Crippen LogP contribution in [0.4, 0.5) is 5.69 Å². The normalized spacial score (nSPS) is 10.9. The molecular weight excluding hydrogens is 412 g/mol. The quantitative estimate of drug-likeness (QED) is 0.204. The summed E-state index contributed by atoms with van der Waals surface area (Å²) < 4.78 is 6.41. The summed E-state index contributed by atoms with van der Waals surface area (Å²) in [5.74, 6) is -1.06. The lowest BCUT2D eigenvalue weighted by Crippen LogP contribution is -2.20. The number of aromatic amines is 1. The Hall–Kier alpha value is -4.27. The standard InChI is InChI=1S/C23H20N4O5/c1-14-23(27(30)31)15(2)26(25-14)12-20(29)32-13-19(28)21-17-10-6-7-11-18(17)24-22(21)16-8-4-3-5-9-16/h3-11,24H,12-13H2,1-2H3. The van der Waals surface area contributed by atoms with E-state index in [0.717, 1.165) is 16.5 Å². The summed E-state index contributed by atoms with van der Waals surface area (Å²) in [4.78, 5) is 39.3. The van der Waals surface area contributed by atoms with Crippen LogP contribution in [-0.2, 0) is 16.1 Å². The number of carbonyl (C=O) groups is 2. The topological polar surface area (TPSA) is 120 Å². The van der Waals surface area contributed by atoms with E-state index in [0.29, 0.717) is 11.3 Å². The van der Waals surface area contributed by atoms with Crippen molar-refractivity contribution in [3.63, 3.8) is 0 Å². The zero-order valence-electron chi connectivity index (χ0n) is 17.5. The van der Waals surface area contributed by atoms with Gasteiger partial charge in [-0.25, -0.2) is 0 Å². The van der Waals surface area contributed by atoms with E-state index in [9.17, 15) is 19.7 Å². The molecule has 0 atom stereocenters. The van der Waals surface area contributed by atoms with Gasteiger partial charge in [0.15, 0.2) is 6.61 Å². The number of Topliss-reactive ketones (excluding diaryl/α,β-unsaturated/α-hetero) is 1. The fraction of sp³-hybridized carbons (Fsp3) is 0.174. The molecule has 0 saturated carbocycles. The Balaban J connectivity index is 1.54. The first kappa shape index (κ1) is 21.0. The van der Waals surface area contributed by atoms with Crippen molar-refractivity contribution in [1.29, 1.82) is 0 Å². The number of aryl methyl sites for hydroxylation is 1. The molecule has 0 bridgehead atoms. The van der Waals surface area contributed by atoms with Gasteiger partial charge in [0.2, 0.25) is 5.78 Å². The summed E-state index contributed by atoms with van der Waals surface area (Å²) in [6.07, 6.45) is 0. The summed E-state index contributed by atoms with van der Waals surface area (Å²) in [6.45, 7) is 2.22. The van der Waals surface area contributed by atoms with E-state index in [1.54, 1.807) is 0 Å². The number of esters is 1. The van der Waals surface area contributed by atoms with Gasteiger partial charge in [-0.05, 0) is 25.5 Å². The number of fused-ring (bicyclic) bond motifs is 1. The highest BCUT2D eigenvalue weighted by Crippen LogP contribution is 2.30. The molecule has 2 aromatic heterocycles. The van der Waals surface area contributed by atoms with E-state index >= 15 is 0 Å². The van der Waals surface area contributed by atoms with Crippen LogP contribution in [0.1, 0.15) is 21.7 Å². The van der Waals surface area contributed by atoms with Crippen LogP contribution >= 0.6 is 0 Å². The fourth-order valence-electron chi connectivity index (χ4n) is 3.74. The summed E-state index contributed by atoms with van der Waals surface area (Å²) in [5.41, 5.74) is 3.06. The second kappa shape index (κ2) is 8.46. The van der Waals surface area contributed by atoms with Crippen LogP contribution < -0.4 is 0 Å². The van der Waals surface area contributed by atoms with Crippen LogP contribution in [0.2, 0.25) is 0 Å². The van der Waals surface area contributed by atoms with Crippen molar-refractivity contribution < 1.29 is 19.2 Å². The molecule has 2 aromatic carbocycles. The zero-order chi connectivity index (χ0) is 22.8. The molecule has 32 heavy (non-hydrogen) atoms. The van der Waals surface area contributed by atoms with Crippen molar-refractivity contribution in [2.75, 3.05) is 6.61 Å². The second-order valence-corrected chi connectivity index (χ2v) is 7.30. The molecular formula is C23H20N4O5. The average Bonchev–Trinajstić information content (AvgIpc) is 3.29. The molecule has 0 radical (unpaired) electrons. The molecule has 9 nitrogen and oxygen atoms in total. The first-order valence-electron chi connectivity index (χ1n) is 9.90. The van der Waals surface area contributed by atoms with Gasteiger partial charge in [0.25, 0.3) is 0 Å². The molecule has 0 aliphatic heterocycles. The Kier molecular flexibility index (Phi) is 5.55. The summed E-state index contributed by atoms with van der Waals surface area (Å²) >= 11 is 0. The number of nitro groups is 1. The third kappa shape index (κ3) is 3.87. The SMILES string of the molecule is Cc1nn(CC(=O)OCC(=O)c2c(-c3ccccc3)[nH]c3ccccc23)c(C)c1[N+](=O)[O-]. The van der Waals surface area contributed by atoms with E-state index in [1.165, 1.54) is 18.5 Å². The second-order valence-electron chi connectivity index (χ2n) is 7.30. The van der Waals surface area contributed by atoms with E-state index in [-0.39, 0.29) is 29.4 Å². The number of aromatic nitrogens is 3. The number of ketones is 1. The van der Waals surface area contributed by atoms with Crippen LogP contribution in [0, 0.1) is 24.0 Å². The van der Waals surface area contributed by atoms with Crippen molar-refractivity contribution in [2.45, 2.75) is 20.4 Å². The monoisotopic (exact) mass is 432 g/mol. The van der Waals surface area contributed by atoms with Crippen molar-refractivity contribution >= 4 is 28.3 Å². The number of nitrogens with zero attached hydrogens (tertiary/aromatic N) is 3. The fourth-order valence-corrected chi connectivity index (χ4v) is 3.74. The smallest absolute Gasteiger partial charge is 0.328 e. The maximum Gasteiger partial charge on any atom is 0.328 e. The molecule has 9 heteroatoms. The van der Waals surface area contributed by atoms with Crippen LogP contribution in [0.3, 0.4) is 0 Å². The number of rotatable bonds is 7. The van der Waals surface area contributed by atoms with Gasteiger partial charge in [-0.2, -0.15) is 5.10 Å². The Morgan fingerprint density at radius 3 is 2.47 bits per heavy atom. The molecule has 0 aliphatic carbocycles. The van der Waals surface area contributed by atoms with E-state index in [4.69, 9.17) is 4.74 Å². The highest BCUT2D eigenvalue weighted by atomic mass is 16.6. The number of nitrogens with one attached hydrogen (secondary N) is 1. The number of carbonyl (C=O) groups excluding carboxylic acids is 2. The lowest BCUT2D eigenvalue weighted by atomic mass is 10.0. The number of para-hydroxylation sites is 1. The van der Waals surface area contributed by atoms with E-state index in [1.807, 2.05) is 54.6 Å². The zero-order valence-corrected chi connectivity index (χ0v) is 17.5. The molecule has 0 aliphatic rings. The first-order chi connectivity index (χ1) is 15.4. The average molecular weight is 432 g/mol. The predicted octanol–water partition coefficient (Wildman–Crippen LogP) is 3.98. The van der Waals surface area contributed by atoms with Gasteiger partial charge >= 0.3 is 11.7 Å². The highest BCUT2D eigenvalue weighted by Gasteiger charge is 2.24. The van der Waals surface area contributed by atoms with Crippen LogP contribution in [0.25, 0.3) is 22.2 Å². The Bertz CT molecular complexity index is 1340. The lowest BCUT2D eigenvalue weighted by molar-refractivity contribution is -0.386. The van der Waals surface area contributed by atoms with Crippen LogP contribution in [-0.4, -0.2) is 38.0 Å². The molecule has 162 valence electrons. The Labute approximate surface area is 182 Å². The molecule has 4 aromatic rings. The highest BCUT2D eigenvalue weighted by molar-refractivity contribution is 6.14. The minimum absolute atomic E-state index is 0.139. The third-order valence-electron chi connectivity index (χ3n) is 5.22. The van der Waals surface area contributed by atoms with Crippen molar-refractivity contribution in [3.05, 3.63) is 81.7 Å². The summed E-state index contributed by atoms with van der Waals surface area (Å²) in [5, 5.41) is 15.9. The van der Waals surface area contributed by atoms with E-state index < -0.39 is 17.5 Å². The number of hydrogen-bond acceptors (Lipinski definition) is 6. The summed E-state index contributed by atoms with van der Waals surface area (Å²) in [7, 11) is 0. The Morgan fingerprint density at radius 2 is 1.78 bits per heavy atom. The molecule has 0 fully saturated rings. The van der Waals surface area contributed by atoms with Gasteiger partial charge in [0.05, 0.1) is 16.2 Å². The van der Waals surface area contributed by atoms with Gasteiger partial charge in [0.1, 0.15) is 17.9 Å². The summed E-state index contributed by atoms with van der Waals surface area (Å²) in [6, 6.07) is 16.8. The third-order valence-corrected chi connectivity index (χ3v) is 5.22. The van der Waals surface area contributed by atoms with E-state index in [2.05, 4.69) is 10.1 Å². The molecule has 4 rings (SSSR count). The number of ether oxygens (including phenoxy) is 1. The van der Waals surface area contributed by atoms with Gasteiger partial charge in [-0.15, -0.1) is 0 Å². The molecule has 1 N–H and O–H groups in total. The minimum atomic E-state index is -0.708. The van der Waals surface area contributed by atoms with Crippen LogP contribution in [0.5, 0.6) is 0 Å². The lowest BCUT2D eigenvalue weighted by Gasteiger charge is -2.07. The number of hydrogen-bond donors (Lipinski definition) is 1. The molecule has 0 spiro atoms. The van der Waals surface area contributed by atoms with Crippen molar-refractivity contribution in [2.24, 2.45) is 0 Å². The van der Waals surface area contributed by atoms with Gasteiger partial charge in [0, 0.05) is 10.9 Å². The number of H-pyrrole nitrogens is 1. The first-order valence-corrected chi connectivity index (χ1v) is 9.90. The maximum absolute atomic E-state index is 13.1. The Morgan fingerprint density at radius 1 is 1.09 bits per heavy atom. The van der Waals surface area contributed by atoms with Crippen molar-refractivity contribution in [1.82, 2.24) is 14.8 Å². The van der Waals surface area contributed by atoms with Gasteiger partial charge in [-0.1, -0.05) is 48.5 Å². The van der Waals surface area contributed by atoms with Gasteiger partial charge < -0.3 is 9.72 Å². The minimum Gasteiger partial charge on any atom is -0.456 e. The molecule has 2 heterocycles. The maximum atomic E-state index is 13.1. The van der Waals surface area contributed by atoms with Gasteiger partial charge in [-0.3, -0.25) is 24.4 Å². The van der Waals surface area contributed by atoms with Crippen molar-refractivity contribution in [3.8, 4) is 11.3 Å².